The van der Waals surface area contributed by atoms with Crippen LogP contribution in [0.2, 0.25) is 0 Å². The molecule has 0 spiro atoms. The number of alkyl halides is 2. The summed E-state index contributed by atoms with van der Waals surface area (Å²) in [5.74, 6) is -3.27. The molecular weight excluding hydrogens is 400 g/mol. The first kappa shape index (κ1) is 17.3. The van der Waals surface area contributed by atoms with Crippen molar-refractivity contribution in [2.24, 2.45) is 0 Å². The van der Waals surface area contributed by atoms with E-state index in [-0.39, 0.29) is 23.5 Å². The summed E-state index contributed by atoms with van der Waals surface area (Å²) in [5, 5.41) is 6.12. The molecule has 1 atom stereocenters. The van der Waals surface area contributed by atoms with Crippen LogP contribution in [0.1, 0.15) is 35.2 Å². The number of aromatic nitrogens is 1. The third kappa shape index (κ3) is 4.11. The standard InChI is InChI=1S/C20H21F2N3O3S/c1-11-18(19(26)25-17-5-6-23-10-20(17,21)22)15-7-13(3-4-16(15)28-11)27-9-14-8-24-12(2)29-14/h3-4,7-8,17,23H,5-6,9-10H2,1-2H3,(H,25,26)/i9D2. The Morgan fingerprint density at radius 1 is 1.52 bits per heavy atom. The monoisotopic (exact) mass is 423 g/mol. The first-order valence-electron chi connectivity index (χ1n) is 10.1. The minimum Gasteiger partial charge on any atom is -0.488 e. The Balaban J connectivity index is 1.62. The molecule has 1 fully saturated rings. The fourth-order valence-corrected chi connectivity index (χ4v) is 3.92. The lowest BCUT2D eigenvalue weighted by atomic mass is 10.0. The number of carbonyl (C=O) groups is 1. The van der Waals surface area contributed by atoms with Gasteiger partial charge in [0.2, 0.25) is 0 Å². The number of halogens is 2. The molecule has 154 valence electrons. The maximum Gasteiger partial charge on any atom is 0.280 e. The van der Waals surface area contributed by atoms with Gasteiger partial charge in [0.05, 0.1) is 30.8 Å². The molecule has 1 aliphatic rings. The third-order valence-corrected chi connectivity index (χ3v) is 5.55. The number of fused-ring (bicyclic) bond motifs is 1. The van der Waals surface area contributed by atoms with Gasteiger partial charge in [0.1, 0.15) is 23.7 Å². The minimum absolute atomic E-state index is 0.108. The van der Waals surface area contributed by atoms with Crippen molar-refractivity contribution in [3.8, 4) is 5.75 Å². The topological polar surface area (TPSA) is 76.4 Å². The molecule has 2 aromatic heterocycles. The van der Waals surface area contributed by atoms with Crippen molar-refractivity contribution in [3.05, 3.63) is 45.6 Å². The van der Waals surface area contributed by atoms with Crippen molar-refractivity contribution in [2.75, 3.05) is 13.1 Å². The van der Waals surface area contributed by atoms with Gasteiger partial charge in [-0.15, -0.1) is 11.3 Å². The van der Waals surface area contributed by atoms with E-state index in [1.54, 1.807) is 19.9 Å². The van der Waals surface area contributed by atoms with Gasteiger partial charge in [-0.3, -0.25) is 4.79 Å². The van der Waals surface area contributed by atoms with E-state index in [4.69, 9.17) is 11.9 Å². The van der Waals surface area contributed by atoms with E-state index in [1.807, 2.05) is 0 Å². The highest BCUT2D eigenvalue weighted by Gasteiger charge is 2.42. The Labute approximate surface area is 173 Å². The van der Waals surface area contributed by atoms with Crippen LogP contribution in [0.4, 0.5) is 8.78 Å². The highest BCUT2D eigenvalue weighted by molar-refractivity contribution is 7.11. The van der Waals surface area contributed by atoms with Gasteiger partial charge in [-0.25, -0.2) is 13.8 Å². The van der Waals surface area contributed by atoms with Crippen LogP contribution in [-0.4, -0.2) is 35.9 Å². The van der Waals surface area contributed by atoms with E-state index in [2.05, 4.69) is 15.6 Å². The molecule has 3 heterocycles. The van der Waals surface area contributed by atoms with E-state index >= 15 is 0 Å². The van der Waals surface area contributed by atoms with Crippen LogP contribution in [0, 0.1) is 13.8 Å². The molecule has 6 nitrogen and oxygen atoms in total. The predicted molar refractivity (Wildman–Crippen MR) is 106 cm³/mol. The zero-order valence-electron chi connectivity index (χ0n) is 17.8. The Morgan fingerprint density at radius 2 is 2.34 bits per heavy atom. The number of piperidine rings is 1. The maximum atomic E-state index is 14.1. The molecular formula is C20H21F2N3O3S. The quantitative estimate of drug-likeness (QED) is 0.653. The van der Waals surface area contributed by atoms with Gasteiger partial charge >= 0.3 is 0 Å². The number of nitrogens with one attached hydrogen (secondary N) is 2. The van der Waals surface area contributed by atoms with E-state index in [9.17, 15) is 13.6 Å². The van der Waals surface area contributed by atoms with Crippen LogP contribution in [0.25, 0.3) is 11.0 Å². The maximum absolute atomic E-state index is 14.1. The lowest BCUT2D eigenvalue weighted by molar-refractivity contribution is -0.0487. The largest absolute Gasteiger partial charge is 0.488 e. The zero-order chi connectivity index (χ0) is 22.4. The molecule has 9 heteroatoms. The van der Waals surface area contributed by atoms with Crippen molar-refractivity contribution in [1.82, 2.24) is 15.6 Å². The Bertz CT molecular complexity index is 1130. The fourth-order valence-electron chi connectivity index (χ4n) is 3.31. The van der Waals surface area contributed by atoms with Crippen LogP contribution in [0.3, 0.4) is 0 Å². The second-order valence-corrected chi connectivity index (χ2v) is 8.13. The number of hydrogen-bond donors (Lipinski definition) is 2. The number of carbonyl (C=O) groups excluding carboxylic acids is 1. The summed E-state index contributed by atoms with van der Waals surface area (Å²) in [4.78, 5) is 17.2. The number of furan rings is 1. The van der Waals surface area contributed by atoms with Crippen LogP contribution in [0.15, 0.2) is 28.8 Å². The summed E-state index contributed by atoms with van der Waals surface area (Å²) in [6.45, 7) is 1.11. The Hall–Kier alpha value is -2.52. The van der Waals surface area contributed by atoms with Crippen molar-refractivity contribution in [1.29, 1.82) is 0 Å². The first-order valence-corrected chi connectivity index (χ1v) is 9.93. The first-order chi connectivity index (χ1) is 14.6. The highest BCUT2D eigenvalue weighted by Crippen LogP contribution is 2.31. The normalized spacial score (nSPS) is 20.2. The van der Waals surface area contributed by atoms with Gasteiger partial charge < -0.3 is 19.8 Å². The summed E-state index contributed by atoms with van der Waals surface area (Å²) >= 11 is 1.18. The molecule has 1 saturated heterocycles. The number of ether oxygens (including phenoxy) is 1. The lowest BCUT2D eigenvalue weighted by Gasteiger charge is -2.32. The molecule has 4 rings (SSSR count). The smallest absolute Gasteiger partial charge is 0.280 e. The Morgan fingerprint density at radius 3 is 3.07 bits per heavy atom. The number of rotatable bonds is 5. The molecule has 0 radical (unpaired) electrons. The minimum atomic E-state index is -3.06. The summed E-state index contributed by atoms with van der Waals surface area (Å²) in [6, 6.07) is 3.28. The molecule has 1 unspecified atom stereocenters. The average molecular weight is 423 g/mol. The van der Waals surface area contributed by atoms with E-state index in [0.29, 0.717) is 27.4 Å². The number of thiazole rings is 1. The van der Waals surface area contributed by atoms with Crippen molar-refractivity contribution in [2.45, 2.75) is 38.8 Å². The number of nitrogens with zero attached hydrogens (tertiary/aromatic N) is 1. The predicted octanol–water partition coefficient (Wildman–Crippen LogP) is 3.81. The molecule has 0 aliphatic carbocycles. The van der Waals surface area contributed by atoms with Gasteiger partial charge in [-0.1, -0.05) is 0 Å². The third-order valence-electron chi connectivity index (χ3n) is 4.74. The Kier molecular flexibility index (Phi) is 4.62. The molecule has 0 saturated carbocycles. The van der Waals surface area contributed by atoms with Gasteiger partial charge in [0, 0.05) is 11.6 Å². The zero-order valence-corrected chi connectivity index (χ0v) is 16.7. The summed E-state index contributed by atoms with van der Waals surface area (Å²) in [5.41, 5.74) is 0.505. The molecule has 3 aromatic rings. The second-order valence-electron chi connectivity index (χ2n) is 6.89. The van der Waals surface area contributed by atoms with E-state index in [1.165, 1.54) is 29.7 Å². The molecule has 1 aromatic carbocycles. The molecule has 2 N–H and O–H groups in total. The molecule has 29 heavy (non-hydrogen) atoms. The van der Waals surface area contributed by atoms with Crippen molar-refractivity contribution < 1.29 is 25.5 Å². The highest BCUT2D eigenvalue weighted by atomic mass is 32.1. The summed E-state index contributed by atoms with van der Waals surface area (Å²) in [7, 11) is 0. The summed E-state index contributed by atoms with van der Waals surface area (Å²) < 4.78 is 55.8. The number of hydrogen-bond acceptors (Lipinski definition) is 6. The summed E-state index contributed by atoms with van der Waals surface area (Å²) in [6.07, 6.45) is 1.52. The van der Waals surface area contributed by atoms with E-state index < -0.39 is 31.0 Å². The van der Waals surface area contributed by atoms with Crippen molar-refractivity contribution >= 4 is 28.2 Å². The molecule has 1 amide bonds. The van der Waals surface area contributed by atoms with Gasteiger partial charge in [0.25, 0.3) is 11.8 Å². The number of benzene rings is 1. The van der Waals surface area contributed by atoms with Crippen LogP contribution in [-0.2, 0) is 6.56 Å². The second kappa shape index (κ2) is 7.72. The molecule has 1 aliphatic heterocycles. The lowest BCUT2D eigenvalue weighted by Crippen LogP contribution is -2.57. The SMILES string of the molecule is [2H]C([2H])(Oc1ccc2oc(C)c(C(=O)NC3CCNCC3(F)F)c2c1)c1cnc(C)s1. The average Bonchev–Trinajstić information content (AvgIpc) is 3.26. The van der Waals surface area contributed by atoms with E-state index in [0.717, 1.165) is 0 Å². The number of aryl methyl sites for hydroxylation is 2. The van der Waals surface area contributed by atoms with Crippen LogP contribution < -0.4 is 15.4 Å². The van der Waals surface area contributed by atoms with Crippen LogP contribution in [0.5, 0.6) is 5.75 Å². The molecule has 0 bridgehead atoms. The van der Waals surface area contributed by atoms with Crippen molar-refractivity contribution in [3.63, 3.8) is 0 Å². The fraction of sp³-hybridized carbons (Fsp3) is 0.400. The van der Waals surface area contributed by atoms with Gasteiger partial charge in [-0.05, 0) is 45.0 Å². The van der Waals surface area contributed by atoms with Gasteiger partial charge in [0.15, 0.2) is 0 Å². The number of amides is 1. The van der Waals surface area contributed by atoms with Gasteiger partial charge in [-0.2, -0.15) is 0 Å². The van der Waals surface area contributed by atoms with Crippen LogP contribution >= 0.6 is 11.3 Å².